The van der Waals surface area contributed by atoms with Crippen LogP contribution in [-0.2, 0) is 44.7 Å². The smallest absolute Gasteiger partial charge is 0.306 e. The minimum Gasteiger partial charge on any atom is -0.466 e. The molecular weight excluding hydrogens is 677 g/mol. The molecule has 0 aliphatic carbocycles. The molecule has 0 radical (unpaired) electrons. The van der Waals surface area contributed by atoms with E-state index >= 15 is 0 Å². The standard InChI is InChI=1S/C47H80O7/c1-7-9-23-29-42-37(3)39(5)44(53-42)31-25-19-15-11-13-17-21-27-33-46(49)51-36-41(35-48)52-47(50)34-28-22-18-14-12-16-20-26-32-45-40(6)38(4)43(54-45)30-24-10-8-2/h41,48H,7-36H2,1-6H3/t41-/m0/s1. The number of aryl methyl sites for hydroxylation is 4. The molecule has 0 bridgehead atoms. The summed E-state index contributed by atoms with van der Waals surface area (Å²) < 4.78 is 23.1. The summed E-state index contributed by atoms with van der Waals surface area (Å²) in [6.45, 7) is 12.8. The molecule has 7 heteroatoms. The van der Waals surface area contributed by atoms with Gasteiger partial charge in [-0.1, -0.05) is 117 Å². The first-order chi connectivity index (χ1) is 26.2. The first-order valence-electron chi connectivity index (χ1n) is 22.3. The number of carbonyl (C=O) groups is 2. The van der Waals surface area contributed by atoms with Crippen molar-refractivity contribution in [2.24, 2.45) is 0 Å². The molecule has 1 atom stereocenters. The summed E-state index contributed by atoms with van der Waals surface area (Å²) in [5, 5.41) is 9.64. The third-order valence-electron chi connectivity index (χ3n) is 11.3. The van der Waals surface area contributed by atoms with Gasteiger partial charge in [-0.2, -0.15) is 0 Å². The zero-order valence-corrected chi connectivity index (χ0v) is 35.7. The Balaban J connectivity index is 1.40. The lowest BCUT2D eigenvalue weighted by atomic mass is 10.0. The molecule has 0 saturated heterocycles. The molecule has 310 valence electrons. The van der Waals surface area contributed by atoms with Crippen LogP contribution in [-0.4, -0.2) is 36.4 Å². The number of unbranched alkanes of at least 4 members (excludes halogenated alkanes) is 18. The monoisotopic (exact) mass is 757 g/mol. The van der Waals surface area contributed by atoms with Gasteiger partial charge in [0, 0.05) is 38.5 Å². The van der Waals surface area contributed by atoms with Crippen molar-refractivity contribution in [3.8, 4) is 0 Å². The molecule has 0 spiro atoms. The predicted molar refractivity (Wildman–Crippen MR) is 221 cm³/mol. The SMILES string of the molecule is CCCCCc1oc(CCCCCCCCCCC(=O)OC[C@H](CO)OC(=O)CCCCCCCCCCc2oc(CCCCC)c(C)c2C)c(C)c1C. The van der Waals surface area contributed by atoms with Gasteiger partial charge in [0.25, 0.3) is 0 Å². The van der Waals surface area contributed by atoms with Gasteiger partial charge in [0.1, 0.15) is 29.6 Å². The maximum atomic E-state index is 12.3. The maximum absolute atomic E-state index is 12.3. The summed E-state index contributed by atoms with van der Waals surface area (Å²) in [6, 6.07) is 0. The van der Waals surface area contributed by atoms with Crippen molar-refractivity contribution in [2.75, 3.05) is 13.2 Å². The Kier molecular flexibility index (Phi) is 26.2. The van der Waals surface area contributed by atoms with Crippen LogP contribution < -0.4 is 0 Å². The van der Waals surface area contributed by atoms with Crippen molar-refractivity contribution in [3.63, 3.8) is 0 Å². The van der Waals surface area contributed by atoms with Crippen molar-refractivity contribution >= 4 is 11.9 Å². The number of aliphatic hydroxyl groups is 1. The molecule has 0 unspecified atom stereocenters. The van der Waals surface area contributed by atoms with Crippen LogP contribution in [0.4, 0.5) is 0 Å². The molecule has 2 rings (SSSR count). The number of carbonyl (C=O) groups excluding carboxylic acids is 2. The van der Waals surface area contributed by atoms with E-state index in [0.717, 1.165) is 64.2 Å². The fourth-order valence-corrected chi connectivity index (χ4v) is 7.32. The van der Waals surface area contributed by atoms with E-state index in [9.17, 15) is 14.7 Å². The Hall–Kier alpha value is -2.54. The first kappa shape index (κ1) is 47.6. The molecule has 2 heterocycles. The van der Waals surface area contributed by atoms with Gasteiger partial charge < -0.3 is 23.4 Å². The molecule has 0 amide bonds. The average Bonchev–Trinajstić information content (AvgIpc) is 3.59. The molecule has 7 nitrogen and oxygen atoms in total. The second-order valence-corrected chi connectivity index (χ2v) is 15.9. The van der Waals surface area contributed by atoms with Crippen molar-refractivity contribution in [2.45, 2.75) is 227 Å². The number of rotatable bonds is 34. The molecule has 2 aromatic rings. The Morgan fingerprint density at radius 1 is 0.481 bits per heavy atom. The molecule has 0 fully saturated rings. The van der Waals surface area contributed by atoms with E-state index < -0.39 is 6.10 Å². The van der Waals surface area contributed by atoms with E-state index in [1.807, 2.05) is 0 Å². The van der Waals surface area contributed by atoms with Crippen LogP contribution in [0.5, 0.6) is 0 Å². The van der Waals surface area contributed by atoms with E-state index in [0.29, 0.717) is 12.8 Å². The van der Waals surface area contributed by atoms with Gasteiger partial charge in [-0.15, -0.1) is 0 Å². The minimum atomic E-state index is -0.795. The first-order valence-corrected chi connectivity index (χ1v) is 22.3. The molecule has 0 saturated carbocycles. The predicted octanol–water partition coefficient (Wildman–Crippen LogP) is 12.8. The summed E-state index contributed by atoms with van der Waals surface area (Å²) in [5.41, 5.74) is 5.39. The van der Waals surface area contributed by atoms with E-state index in [2.05, 4.69) is 41.5 Å². The van der Waals surface area contributed by atoms with Crippen molar-refractivity contribution < 1.29 is 33.0 Å². The molecule has 54 heavy (non-hydrogen) atoms. The van der Waals surface area contributed by atoms with Crippen molar-refractivity contribution in [1.29, 1.82) is 0 Å². The topological polar surface area (TPSA) is 99.1 Å². The van der Waals surface area contributed by atoms with Crippen LogP contribution in [0.2, 0.25) is 0 Å². The van der Waals surface area contributed by atoms with Crippen LogP contribution in [0.25, 0.3) is 0 Å². The van der Waals surface area contributed by atoms with Gasteiger partial charge in [-0.3, -0.25) is 9.59 Å². The fraction of sp³-hybridized carbons (Fsp3) is 0.787. The molecule has 1 N–H and O–H groups in total. The molecule has 0 aliphatic heterocycles. The number of ether oxygens (including phenoxy) is 2. The average molecular weight is 757 g/mol. The van der Waals surface area contributed by atoms with E-state index in [1.165, 1.54) is 148 Å². The Labute approximate surface area is 330 Å². The van der Waals surface area contributed by atoms with Crippen LogP contribution >= 0.6 is 0 Å². The Bertz CT molecular complexity index is 1270. The quantitative estimate of drug-likeness (QED) is 0.0560. The maximum Gasteiger partial charge on any atom is 0.306 e. The number of hydrogen-bond acceptors (Lipinski definition) is 7. The molecule has 0 aliphatic rings. The highest BCUT2D eigenvalue weighted by Crippen LogP contribution is 2.26. The lowest BCUT2D eigenvalue weighted by Gasteiger charge is -2.15. The zero-order valence-electron chi connectivity index (χ0n) is 35.7. The van der Waals surface area contributed by atoms with Gasteiger partial charge in [0.05, 0.1) is 6.61 Å². The lowest BCUT2D eigenvalue weighted by Crippen LogP contribution is -2.28. The largest absolute Gasteiger partial charge is 0.466 e. The summed E-state index contributed by atoms with van der Waals surface area (Å²) in [4.78, 5) is 24.5. The minimum absolute atomic E-state index is 0.0858. The number of aliphatic hydroxyl groups excluding tert-OH is 1. The molecule has 2 aromatic heterocycles. The highest BCUT2D eigenvalue weighted by atomic mass is 16.6. The second-order valence-electron chi connectivity index (χ2n) is 15.9. The van der Waals surface area contributed by atoms with Gasteiger partial charge in [0.15, 0.2) is 6.10 Å². The van der Waals surface area contributed by atoms with Crippen LogP contribution in [0.3, 0.4) is 0 Å². The normalized spacial score (nSPS) is 12.1. The molecule has 0 aromatic carbocycles. The summed E-state index contributed by atoms with van der Waals surface area (Å²) in [5.74, 6) is 4.13. The number of furan rings is 2. The molecular formula is C47H80O7. The van der Waals surface area contributed by atoms with Crippen LogP contribution in [0, 0.1) is 27.7 Å². The van der Waals surface area contributed by atoms with Gasteiger partial charge >= 0.3 is 11.9 Å². The van der Waals surface area contributed by atoms with E-state index in [4.69, 9.17) is 18.3 Å². The number of hydrogen-bond donors (Lipinski definition) is 1. The van der Waals surface area contributed by atoms with Gasteiger partial charge in [-0.25, -0.2) is 0 Å². The van der Waals surface area contributed by atoms with Crippen molar-refractivity contribution in [3.05, 3.63) is 45.3 Å². The lowest BCUT2D eigenvalue weighted by molar-refractivity contribution is -0.161. The highest BCUT2D eigenvalue weighted by molar-refractivity contribution is 5.70. The second kappa shape index (κ2) is 29.7. The third-order valence-corrected chi connectivity index (χ3v) is 11.3. The summed E-state index contributed by atoms with van der Waals surface area (Å²) in [6.07, 6.45) is 29.4. The van der Waals surface area contributed by atoms with E-state index in [1.54, 1.807) is 0 Å². The van der Waals surface area contributed by atoms with Gasteiger partial charge in [0.2, 0.25) is 0 Å². The van der Waals surface area contributed by atoms with Gasteiger partial charge in [-0.05, 0) is 88.5 Å². The zero-order chi connectivity index (χ0) is 39.4. The van der Waals surface area contributed by atoms with Crippen LogP contribution in [0.1, 0.15) is 213 Å². The van der Waals surface area contributed by atoms with Crippen molar-refractivity contribution in [1.82, 2.24) is 0 Å². The third kappa shape index (κ3) is 19.9. The Morgan fingerprint density at radius 3 is 1.15 bits per heavy atom. The van der Waals surface area contributed by atoms with E-state index in [-0.39, 0.29) is 25.2 Å². The summed E-state index contributed by atoms with van der Waals surface area (Å²) in [7, 11) is 0. The van der Waals surface area contributed by atoms with Crippen LogP contribution in [0.15, 0.2) is 8.83 Å². The fourth-order valence-electron chi connectivity index (χ4n) is 7.32. The number of esters is 2. The highest BCUT2D eigenvalue weighted by Gasteiger charge is 2.17. The Morgan fingerprint density at radius 2 is 0.796 bits per heavy atom. The summed E-state index contributed by atoms with van der Waals surface area (Å²) >= 11 is 0.